The minimum atomic E-state index is -0.341. The third-order valence-corrected chi connectivity index (χ3v) is 2.96. The van der Waals surface area contributed by atoms with Gasteiger partial charge in [0.15, 0.2) is 5.82 Å². The van der Waals surface area contributed by atoms with Crippen molar-refractivity contribution in [1.82, 2.24) is 15.5 Å². The minimum absolute atomic E-state index is 0.138. The lowest BCUT2D eigenvalue weighted by Gasteiger charge is -2.19. The van der Waals surface area contributed by atoms with E-state index in [2.05, 4.69) is 20.0 Å². The number of benzene rings is 1. The first-order valence-electron chi connectivity index (χ1n) is 6.02. The van der Waals surface area contributed by atoms with Crippen LogP contribution in [0.2, 0.25) is 0 Å². The first-order chi connectivity index (χ1) is 9.18. The monoisotopic (exact) mass is 260 g/mol. The van der Waals surface area contributed by atoms with E-state index in [1.54, 1.807) is 6.92 Å². The van der Waals surface area contributed by atoms with Crippen molar-refractivity contribution in [2.45, 2.75) is 19.5 Å². The molecule has 2 atom stereocenters. The molecule has 19 heavy (non-hydrogen) atoms. The van der Waals surface area contributed by atoms with Crippen LogP contribution in [0.25, 0.3) is 0 Å². The van der Waals surface area contributed by atoms with Crippen LogP contribution >= 0.6 is 0 Å². The number of hydrogen-bond acceptors (Lipinski definition) is 5. The highest BCUT2D eigenvalue weighted by Crippen LogP contribution is 2.18. The van der Waals surface area contributed by atoms with Crippen LogP contribution in [0.3, 0.4) is 0 Å². The molecule has 0 fully saturated rings. The highest BCUT2D eigenvalue weighted by molar-refractivity contribution is 5.79. The summed E-state index contributed by atoms with van der Waals surface area (Å²) in [5, 5.41) is 6.35. The van der Waals surface area contributed by atoms with Crippen molar-refractivity contribution in [2.75, 3.05) is 0 Å². The Morgan fingerprint density at radius 3 is 2.79 bits per heavy atom. The van der Waals surface area contributed by atoms with Gasteiger partial charge in [0.1, 0.15) is 0 Å². The summed E-state index contributed by atoms with van der Waals surface area (Å²) in [6, 6.07) is 9.20. The lowest BCUT2D eigenvalue weighted by molar-refractivity contribution is -0.125. The number of nitrogens with one attached hydrogen (secondary N) is 1. The molecule has 2 rings (SSSR count). The van der Waals surface area contributed by atoms with Crippen molar-refractivity contribution < 1.29 is 9.32 Å². The molecular weight excluding hydrogens is 244 g/mol. The Balaban J connectivity index is 1.91. The Kier molecular flexibility index (Phi) is 4.25. The van der Waals surface area contributed by atoms with Crippen LogP contribution in [-0.2, 0) is 11.3 Å². The molecule has 0 aliphatic heterocycles. The summed E-state index contributed by atoms with van der Waals surface area (Å²) in [6.07, 6.45) is 1.22. The van der Waals surface area contributed by atoms with E-state index in [1.807, 2.05) is 30.3 Å². The molecule has 0 saturated carbocycles. The summed E-state index contributed by atoms with van der Waals surface area (Å²) < 4.78 is 4.59. The Morgan fingerprint density at radius 1 is 1.42 bits per heavy atom. The van der Waals surface area contributed by atoms with Gasteiger partial charge in [0.05, 0.1) is 12.5 Å². The number of rotatable bonds is 5. The van der Waals surface area contributed by atoms with Gasteiger partial charge in [-0.1, -0.05) is 42.4 Å². The molecule has 1 aromatic carbocycles. The van der Waals surface area contributed by atoms with E-state index in [9.17, 15) is 4.79 Å². The lowest BCUT2D eigenvalue weighted by atomic mass is 9.95. The van der Waals surface area contributed by atoms with E-state index >= 15 is 0 Å². The van der Waals surface area contributed by atoms with Gasteiger partial charge < -0.3 is 15.6 Å². The first kappa shape index (κ1) is 13.2. The van der Waals surface area contributed by atoms with Crippen molar-refractivity contribution >= 4 is 5.91 Å². The third-order valence-electron chi connectivity index (χ3n) is 2.96. The number of amides is 1. The van der Waals surface area contributed by atoms with Gasteiger partial charge in [-0.25, -0.2) is 0 Å². The number of nitrogens with zero attached hydrogens (tertiary/aromatic N) is 2. The molecule has 0 aliphatic rings. The van der Waals surface area contributed by atoms with Crippen molar-refractivity contribution in [3.05, 3.63) is 48.1 Å². The summed E-state index contributed by atoms with van der Waals surface area (Å²) in [4.78, 5) is 15.8. The molecule has 2 unspecified atom stereocenters. The van der Waals surface area contributed by atoms with Crippen LogP contribution in [-0.4, -0.2) is 16.0 Å². The Hall–Kier alpha value is -2.21. The molecule has 2 aromatic rings. The smallest absolute Gasteiger partial charge is 0.225 e. The van der Waals surface area contributed by atoms with Gasteiger partial charge in [0.2, 0.25) is 12.3 Å². The molecule has 0 spiro atoms. The van der Waals surface area contributed by atoms with Gasteiger partial charge in [0.25, 0.3) is 0 Å². The average Bonchev–Trinajstić information content (AvgIpc) is 2.97. The number of carbonyl (C=O) groups excluding carboxylic acids is 1. The van der Waals surface area contributed by atoms with Crippen molar-refractivity contribution in [2.24, 2.45) is 11.7 Å². The molecule has 1 amide bonds. The maximum Gasteiger partial charge on any atom is 0.225 e. The van der Waals surface area contributed by atoms with E-state index in [4.69, 9.17) is 5.73 Å². The molecule has 3 N–H and O–H groups in total. The predicted molar refractivity (Wildman–Crippen MR) is 68.7 cm³/mol. The maximum absolute atomic E-state index is 12.0. The predicted octanol–water partition coefficient (Wildman–Crippen LogP) is 1.02. The highest BCUT2D eigenvalue weighted by atomic mass is 16.5. The molecule has 0 saturated heterocycles. The number of aromatic nitrogens is 2. The van der Waals surface area contributed by atoms with E-state index < -0.39 is 0 Å². The molecule has 0 bridgehead atoms. The van der Waals surface area contributed by atoms with Crippen LogP contribution in [0.15, 0.2) is 41.2 Å². The van der Waals surface area contributed by atoms with E-state index in [0.717, 1.165) is 5.56 Å². The Morgan fingerprint density at radius 2 is 2.16 bits per heavy atom. The van der Waals surface area contributed by atoms with Gasteiger partial charge in [-0.3, -0.25) is 4.79 Å². The van der Waals surface area contributed by atoms with Gasteiger partial charge in [-0.15, -0.1) is 0 Å². The van der Waals surface area contributed by atoms with Crippen molar-refractivity contribution in [1.29, 1.82) is 0 Å². The quantitative estimate of drug-likeness (QED) is 0.837. The lowest BCUT2D eigenvalue weighted by Crippen LogP contribution is -2.35. The SMILES string of the molecule is CC(C(=O)NCc1ncon1)C(N)c1ccccc1. The van der Waals surface area contributed by atoms with Crippen molar-refractivity contribution in [3.63, 3.8) is 0 Å². The number of nitrogens with two attached hydrogens (primary N) is 1. The summed E-state index contributed by atoms with van der Waals surface area (Å²) in [6.45, 7) is 2.03. The zero-order valence-corrected chi connectivity index (χ0v) is 10.6. The van der Waals surface area contributed by atoms with Gasteiger partial charge in [-0.2, -0.15) is 4.98 Å². The zero-order chi connectivity index (χ0) is 13.7. The molecule has 1 heterocycles. The average molecular weight is 260 g/mol. The fourth-order valence-corrected chi connectivity index (χ4v) is 1.72. The molecule has 0 radical (unpaired) electrons. The Bertz CT molecular complexity index is 513. The second-order valence-corrected chi connectivity index (χ2v) is 4.29. The largest absolute Gasteiger partial charge is 0.348 e. The second kappa shape index (κ2) is 6.10. The fourth-order valence-electron chi connectivity index (χ4n) is 1.72. The van der Waals surface area contributed by atoms with Crippen LogP contribution in [0.1, 0.15) is 24.4 Å². The fraction of sp³-hybridized carbons (Fsp3) is 0.308. The van der Waals surface area contributed by atoms with Crippen LogP contribution < -0.4 is 11.1 Å². The van der Waals surface area contributed by atoms with Crippen LogP contribution in [0, 0.1) is 5.92 Å². The van der Waals surface area contributed by atoms with E-state index in [-0.39, 0.29) is 24.4 Å². The molecular formula is C13H16N4O2. The highest BCUT2D eigenvalue weighted by Gasteiger charge is 2.22. The first-order valence-corrected chi connectivity index (χ1v) is 6.02. The molecule has 0 aliphatic carbocycles. The van der Waals surface area contributed by atoms with Gasteiger partial charge in [-0.05, 0) is 5.56 Å². The third kappa shape index (κ3) is 3.38. The summed E-state index contributed by atoms with van der Waals surface area (Å²) in [7, 11) is 0. The molecule has 6 nitrogen and oxygen atoms in total. The topological polar surface area (TPSA) is 94.0 Å². The van der Waals surface area contributed by atoms with Gasteiger partial charge in [0, 0.05) is 6.04 Å². The Labute approximate surface area is 111 Å². The summed E-state index contributed by atoms with van der Waals surface area (Å²) in [5.74, 6) is -0.0377. The minimum Gasteiger partial charge on any atom is -0.348 e. The molecule has 1 aromatic heterocycles. The van der Waals surface area contributed by atoms with E-state index in [0.29, 0.717) is 5.82 Å². The number of hydrogen-bond donors (Lipinski definition) is 2. The summed E-state index contributed by atoms with van der Waals surface area (Å²) >= 11 is 0. The molecule has 6 heteroatoms. The normalized spacial score (nSPS) is 13.8. The number of carbonyl (C=O) groups is 1. The van der Waals surface area contributed by atoms with Crippen LogP contribution in [0.4, 0.5) is 0 Å². The second-order valence-electron chi connectivity index (χ2n) is 4.29. The van der Waals surface area contributed by atoms with E-state index in [1.165, 1.54) is 6.39 Å². The molecule has 100 valence electrons. The van der Waals surface area contributed by atoms with Gasteiger partial charge >= 0.3 is 0 Å². The standard InChI is InChI=1S/C13H16N4O2/c1-9(12(14)10-5-3-2-4-6-10)13(18)15-7-11-16-8-19-17-11/h2-6,8-9,12H,7,14H2,1H3,(H,15,18). The maximum atomic E-state index is 12.0. The summed E-state index contributed by atoms with van der Waals surface area (Å²) in [5.41, 5.74) is 7.01. The van der Waals surface area contributed by atoms with Crippen LogP contribution in [0.5, 0.6) is 0 Å². The van der Waals surface area contributed by atoms with Crippen molar-refractivity contribution in [3.8, 4) is 0 Å². The zero-order valence-electron chi connectivity index (χ0n) is 10.6.